The minimum atomic E-state index is 0.127. The Morgan fingerprint density at radius 2 is 1.58 bits per heavy atom. The number of carbonyl (C=O) groups is 1. The van der Waals surface area contributed by atoms with Crippen molar-refractivity contribution in [1.82, 2.24) is 14.5 Å². The number of carbonyl (C=O) groups excluding carboxylic acids is 1. The van der Waals surface area contributed by atoms with Crippen LogP contribution in [0.5, 0.6) is 0 Å². The molecule has 4 heterocycles. The molecule has 1 amide bonds. The Hall–Kier alpha value is -3.28. The fraction of sp³-hybridized carbons (Fsp3) is 0.467. The lowest BCUT2D eigenvalue weighted by atomic mass is 9.99. The number of benzene rings is 1. The highest BCUT2D eigenvalue weighted by Crippen LogP contribution is 2.27. The first kappa shape index (κ1) is 24.4. The van der Waals surface area contributed by atoms with Gasteiger partial charge < -0.3 is 19.3 Å². The summed E-state index contributed by atoms with van der Waals surface area (Å²) in [5.74, 6) is 1.98. The lowest BCUT2D eigenvalue weighted by Gasteiger charge is -2.37. The molecule has 0 spiro atoms. The number of aromatic nitrogens is 2. The molecule has 2 saturated heterocycles. The molecule has 36 heavy (non-hydrogen) atoms. The molecular formula is C30H39N5O. The van der Waals surface area contributed by atoms with Gasteiger partial charge in [-0.3, -0.25) is 4.79 Å². The van der Waals surface area contributed by atoms with E-state index in [-0.39, 0.29) is 5.91 Å². The molecule has 3 aromatic rings. The highest BCUT2D eigenvalue weighted by atomic mass is 16.2. The standard InChI is InChI=1S/C30H39N5O/c1-21-10-12-33(13-11-21)29-9-7-26(20-31-29)35-24(4)19-27(25(35)5)30(36)34-16-14-32(15-17-34)28-8-6-22(2)18-23(28)3/h6-9,18-21H,10-17H2,1-5H3. The van der Waals surface area contributed by atoms with Crippen molar-refractivity contribution in [2.45, 2.75) is 47.5 Å². The average Bonchev–Trinajstić information content (AvgIpc) is 3.18. The van der Waals surface area contributed by atoms with E-state index in [1.54, 1.807) is 0 Å². The molecule has 0 radical (unpaired) electrons. The largest absolute Gasteiger partial charge is 0.368 e. The normalized spacial score (nSPS) is 17.1. The van der Waals surface area contributed by atoms with Gasteiger partial charge in [-0.05, 0) is 76.3 Å². The summed E-state index contributed by atoms with van der Waals surface area (Å²) < 4.78 is 2.16. The Labute approximate surface area is 215 Å². The smallest absolute Gasteiger partial charge is 0.255 e. The Bertz CT molecular complexity index is 1230. The van der Waals surface area contributed by atoms with E-state index in [2.05, 4.69) is 72.4 Å². The highest BCUT2D eigenvalue weighted by molar-refractivity contribution is 5.96. The van der Waals surface area contributed by atoms with E-state index >= 15 is 0 Å². The van der Waals surface area contributed by atoms with Crippen molar-refractivity contribution in [2.24, 2.45) is 5.92 Å². The fourth-order valence-corrected chi connectivity index (χ4v) is 5.79. The zero-order valence-corrected chi connectivity index (χ0v) is 22.4. The molecule has 0 bridgehead atoms. The molecule has 2 aromatic heterocycles. The van der Waals surface area contributed by atoms with Gasteiger partial charge in [-0.25, -0.2) is 4.98 Å². The van der Waals surface area contributed by atoms with Gasteiger partial charge in [-0.2, -0.15) is 0 Å². The molecule has 5 rings (SSSR count). The molecule has 0 N–H and O–H groups in total. The summed E-state index contributed by atoms with van der Waals surface area (Å²) in [5, 5.41) is 0. The zero-order chi connectivity index (χ0) is 25.4. The molecule has 0 aliphatic carbocycles. The van der Waals surface area contributed by atoms with Crippen molar-refractivity contribution in [3.8, 4) is 5.69 Å². The van der Waals surface area contributed by atoms with Gasteiger partial charge in [0.05, 0.1) is 17.4 Å². The van der Waals surface area contributed by atoms with Crippen LogP contribution in [0, 0.1) is 33.6 Å². The Morgan fingerprint density at radius 1 is 0.861 bits per heavy atom. The maximum atomic E-state index is 13.5. The van der Waals surface area contributed by atoms with Crippen LogP contribution >= 0.6 is 0 Å². The summed E-state index contributed by atoms with van der Waals surface area (Å²) in [6.07, 6.45) is 4.40. The van der Waals surface area contributed by atoms with Gasteiger partial charge in [-0.1, -0.05) is 24.6 Å². The first-order valence-electron chi connectivity index (χ1n) is 13.3. The van der Waals surface area contributed by atoms with Crippen molar-refractivity contribution in [3.05, 3.63) is 70.7 Å². The quantitative estimate of drug-likeness (QED) is 0.503. The van der Waals surface area contributed by atoms with Crippen LogP contribution in [0.2, 0.25) is 0 Å². The molecule has 2 aliphatic rings. The third kappa shape index (κ3) is 4.73. The van der Waals surface area contributed by atoms with E-state index in [0.717, 1.165) is 73.6 Å². The van der Waals surface area contributed by atoms with E-state index in [9.17, 15) is 4.79 Å². The van der Waals surface area contributed by atoms with Gasteiger partial charge in [0.1, 0.15) is 5.82 Å². The molecule has 2 aliphatic heterocycles. The van der Waals surface area contributed by atoms with Crippen LogP contribution in [0.25, 0.3) is 5.69 Å². The summed E-state index contributed by atoms with van der Waals surface area (Å²) in [7, 11) is 0. The first-order valence-corrected chi connectivity index (χ1v) is 13.3. The Kier molecular flexibility index (Phi) is 6.78. The third-order valence-corrected chi connectivity index (χ3v) is 8.02. The predicted molar refractivity (Wildman–Crippen MR) is 148 cm³/mol. The average molecular weight is 486 g/mol. The van der Waals surface area contributed by atoms with Crippen molar-refractivity contribution in [1.29, 1.82) is 0 Å². The SMILES string of the molecule is Cc1ccc(N2CCN(C(=O)c3cc(C)n(-c4ccc(N5CCC(C)CC5)nc4)c3C)CC2)c(C)c1. The van der Waals surface area contributed by atoms with Crippen molar-refractivity contribution in [2.75, 3.05) is 49.1 Å². The van der Waals surface area contributed by atoms with Crippen molar-refractivity contribution < 1.29 is 4.79 Å². The molecule has 0 saturated carbocycles. The van der Waals surface area contributed by atoms with Gasteiger partial charge in [0.25, 0.3) is 5.91 Å². The fourth-order valence-electron chi connectivity index (χ4n) is 5.79. The summed E-state index contributed by atoms with van der Waals surface area (Å²) in [5.41, 5.74) is 7.71. The number of hydrogen-bond acceptors (Lipinski definition) is 4. The predicted octanol–water partition coefficient (Wildman–Crippen LogP) is 5.30. The zero-order valence-electron chi connectivity index (χ0n) is 22.4. The number of anilines is 2. The van der Waals surface area contributed by atoms with E-state index in [0.29, 0.717) is 0 Å². The number of pyridine rings is 1. The maximum Gasteiger partial charge on any atom is 0.255 e. The minimum Gasteiger partial charge on any atom is -0.368 e. The molecule has 6 heteroatoms. The summed E-state index contributed by atoms with van der Waals surface area (Å²) in [6, 6.07) is 12.9. The first-order chi connectivity index (χ1) is 17.3. The van der Waals surface area contributed by atoms with Crippen LogP contribution < -0.4 is 9.80 Å². The second kappa shape index (κ2) is 10.00. The number of amides is 1. The van der Waals surface area contributed by atoms with Crippen LogP contribution in [0.1, 0.15) is 52.6 Å². The molecular weight excluding hydrogens is 446 g/mol. The molecule has 0 unspecified atom stereocenters. The Morgan fingerprint density at radius 3 is 2.22 bits per heavy atom. The molecule has 6 nitrogen and oxygen atoms in total. The van der Waals surface area contributed by atoms with Crippen molar-refractivity contribution in [3.63, 3.8) is 0 Å². The van der Waals surface area contributed by atoms with E-state index in [4.69, 9.17) is 4.98 Å². The summed E-state index contributed by atoms with van der Waals surface area (Å²) >= 11 is 0. The number of piperidine rings is 1. The number of piperazine rings is 1. The van der Waals surface area contributed by atoms with E-state index in [1.165, 1.54) is 29.7 Å². The van der Waals surface area contributed by atoms with Crippen LogP contribution in [0.3, 0.4) is 0 Å². The molecule has 190 valence electrons. The topological polar surface area (TPSA) is 44.6 Å². The van der Waals surface area contributed by atoms with Gasteiger partial charge in [0.2, 0.25) is 0 Å². The van der Waals surface area contributed by atoms with E-state index in [1.807, 2.05) is 24.1 Å². The third-order valence-electron chi connectivity index (χ3n) is 8.02. The van der Waals surface area contributed by atoms with Gasteiger partial charge in [0.15, 0.2) is 0 Å². The van der Waals surface area contributed by atoms with Crippen LogP contribution in [-0.2, 0) is 0 Å². The van der Waals surface area contributed by atoms with Crippen LogP contribution in [-0.4, -0.2) is 59.6 Å². The number of hydrogen-bond donors (Lipinski definition) is 0. The number of rotatable bonds is 4. The second-order valence-corrected chi connectivity index (χ2v) is 10.7. The second-order valence-electron chi connectivity index (χ2n) is 10.7. The monoisotopic (exact) mass is 485 g/mol. The summed E-state index contributed by atoms with van der Waals surface area (Å²) in [4.78, 5) is 25.1. The lowest BCUT2D eigenvalue weighted by Crippen LogP contribution is -2.49. The highest BCUT2D eigenvalue weighted by Gasteiger charge is 2.26. The number of aryl methyl sites for hydroxylation is 3. The van der Waals surface area contributed by atoms with Gasteiger partial charge >= 0.3 is 0 Å². The van der Waals surface area contributed by atoms with Crippen LogP contribution in [0.4, 0.5) is 11.5 Å². The molecule has 0 atom stereocenters. The lowest BCUT2D eigenvalue weighted by molar-refractivity contribution is 0.0746. The van der Waals surface area contributed by atoms with E-state index < -0.39 is 0 Å². The van der Waals surface area contributed by atoms with Crippen molar-refractivity contribution >= 4 is 17.4 Å². The Balaban J connectivity index is 1.28. The molecule has 1 aromatic carbocycles. The maximum absolute atomic E-state index is 13.5. The minimum absolute atomic E-state index is 0.127. The van der Waals surface area contributed by atoms with Crippen LogP contribution in [0.15, 0.2) is 42.6 Å². The summed E-state index contributed by atoms with van der Waals surface area (Å²) in [6.45, 7) is 16.1. The number of nitrogens with zero attached hydrogens (tertiary/aromatic N) is 5. The van der Waals surface area contributed by atoms with Gasteiger partial charge in [0, 0.05) is 56.3 Å². The molecule has 2 fully saturated rings. The van der Waals surface area contributed by atoms with Gasteiger partial charge in [-0.15, -0.1) is 0 Å².